The average molecular weight is 546 g/mol. The van der Waals surface area contributed by atoms with Gasteiger partial charge in [-0.15, -0.1) is 23.1 Å². The number of nitrogens with zero attached hydrogens (tertiary/aromatic N) is 1. The molecule has 4 heteroatoms. The fourth-order valence-electron chi connectivity index (χ4n) is 6.71. The molecule has 0 amide bonds. The van der Waals surface area contributed by atoms with Crippen LogP contribution in [0.15, 0.2) is 69.5 Å². The van der Waals surface area contributed by atoms with E-state index in [1.54, 1.807) is 21.6 Å². The van der Waals surface area contributed by atoms with Crippen LogP contribution in [0.1, 0.15) is 62.0 Å². The third kappa shape index (κ3) is 5.06. The molecule has 1 aromatic heterocycles. The van der Waals surface area contributed by atoms with Gasteiger partial charge < -0.3 is 4.90 Å². The predicted octanol–water partition coefficient (Wildman–Crippen LogP) is 10.1. The summed E-state index contributed by atoms with van der Waals surface area (Å²) in [4.78, 5) is 7.10. The molecule has 3 unspecified atom stereocenters. The number of rotatable bonds is 7. The van der Waals surface area contributed by atoms with Crippen LogP contribution in [0.3, 0.4) is 0 Å². The van der Waals surface area contributed by atoms with Crippen molar-refractivity contribution >= 4 is 50.6 Å². The number of benzene rings is 2. The van der Waals surface area contributed by atoms with Gasteiger partial charge in [0.2, 0.25) is 0 Å². The van der Waals surface area contributed by atoms with E-state index in [2.05, 4.69) is 92.2 Å². The van der Waals surface area contributed by atoms with Crippen LogP contribution in [-0.4, -0.2) is 18.2 Å². The van der Waals surface area contributed by atoms with Gasteiger partial charge in [0, 0.05) is 25.9 Å². The molecule has 0 saturated heterocycles. The van der Waals surface area contributed by atoms with Crippen LogP contribution in [0.5, 0.6) is 0 Å². The zero-order chi connectivity index (χ0) is 25.5. The van der Waals surface area contributed by atoms with E-state index in [0.717, 1.165) is 18.9 Å². The largest absolute Gasteiger partial charge is 0.358 e. The molecule has 2 aromatic carbocycles. The molecule has 1 nitrogen and oxygen atoms in total. The van der Waals surface area contributed by atoms with E-state index < -0.39 is 0 Å². The van der Waals surface area contributed by atoms with E-state index in [1.807, 2.05) is 23.1 Å². The zero-order valence-electron chi connectivity index (χ0n) is 22.7. The summed E-state index contributed by atoms with van der Waals surface area (Å²) in [5, 5.41) is 2.04. The normalized spacial score (nSPS) is 23.1. The fourth-order valence-corrected chi connectivity index (χ4v) is 9.93. The topological polar surface area (TPSA) is 3.24 Å². The fraction of sp³-hybridized carbons (Fsp3) is 0.455. The maximum atomic E-state index is 2.68. The molecule has 2 aliphatic carbocycles. The van der Waals surface area contributed by atoms with E-state index >= 15 is 0 Å². The average Bonchev–Trinajstić information content (AvgIpc) is 3.43. The lowest BCUT2D eigenvalue weighted by atomic mass is 9.74. The first kappa shape index (κ1) is 25.6. The summed E-state index contributed by atoms with van der Waals surface area (Å²) in [7, 11) is 0. The quantitative estimate of drug-likeness (QED) is 0.272. The Labute approximate surface area is 235 Å². The second kappa shape index (κ2) is 10.9. The molecule has 3 aliphatic rings. The minimum Gasteiger partial charge on any atom is -0.358 e. The van der Waals surface area contributed by atoms with Crippen LogP contribution < -0.4 is 4.90 Å². The van der Waals surface area contributed by atoms with Crippen LogP contribution in [-0.2, 0) is 12.8 Å². The van der Waals surface area contributed by atoms with E-state index in [0.29, 0.717) is 11.3 Å². The first-order valence-electron chi connectivity index (χ1n) is 14.1. The van der Waals surface area contributed by atoms with Crippen molar-refractivity contribution in [1.82, 2.24) is 0 Å². The van der Waals surface area contributed by atoms with Crippen LogP contribution in [0.2, 0.25) is 0 Å². The predicted molar refractivity (Wildman–Crippen MR) is 167 cm³/mol. The Morgan fingerprint density at radius 2 is 1.92 bits per heavy atom. The van der Waals surface area contributed by atoms with Gasteiger partial charge in [-0.3, -0.25) is 0 Å². The highest BCUT2D eigenvalue weighted by Crippen LogP contribution is 2.48. The Hall–Kier alpha value is -1.62. The minimum absolute atomic E-state index is 0.536. The van der Waals surface area contributed by atoms with Gasteiger partial charge in [0.05, 0.1) is 11.1 Å². The molecule has 0 radical (unpaired) electrons. The number of thiophene rings is 1. The van der Waals surface area contributed by atoms with Crippen molar-refractivity contribution in [2.24, 2.45) is 11.8 Å². The molecule has 0 N–H and O–H groups in total. The van der Waals surface area contributed by atoms with Crippen LogP contribution >= 0.6 is 34.9 Å². The summed E-state index contributed by atoms with van der Waals surface area (Å²) in [6.45, 7) is 7.95. The van der Waals surface area contributed by atoms with Gasteiger partial charge in [-0.05, 0) is 118 Å². The van der Waals surface area contributed by atoms with Gasteiger partial charge in [-0.2, -0.15) is 0 Å². The van der Waals surface area contributed by atoms with Crippen LogP contribution in [0, 0.1) is 18.8 Å². The van der Waals surface area contributed by atoms with Crippen molar-refractivity contribution in [2.75, 3.05) is 17.7 Å². The molecule has 3 aromatic rings. The second-order valence-corrected chi connectivity index (χ2v) is 14.2. The highest BCUT2D eigenvalue weighted by atomic mass is 32.2. The Morgan fingerprint density at radius 1 is 1.03 bits per heavy atom. The number of hydrogen-bond donors (Lipinski definition) is 0. The molecule has 194 valence electrons. The van der Waals surface area contributed by atoms with Crippen molar-refractivity contribution < 1.29 is 0 Å². The number of anilines is 1. The first-order valence-corrected chi connectivity index (χ1v) is 17.0. The van der Waals surface area contributed by atoms with Crippen molar-refractivity contribution in [2.45, 2.75) is 80.9 Å². The Bertz CT molecular complexity index is 1360. The number of aryl methyl sites for hydroxylation is 2. The third-order valence-electron chi connectivity index (χ3n) is 8.66. The molecule has 0 saturated carbocycles. The van der Waals surface area contributed by atoms with Crippen molar-refractivity contribution in [3.8, 4) is 0 Å². The molecule has 37 heavy (non-hydrogen) atoms. The molecule has 2 heterocycles. The van der Waals surface area contributed by atoms with Crippen LogP contribution in [0.25, 0.3) is 10.1 Å². The van der Waals surface area contributed by atoms with Crippen molar-refractivity contribution in [1.29, 1.82) is 0 Å². The lowest BCUT2D eigenvalue weighted by Crippen LogP contribution is -2.30. The molecule has 0 bridgehead atoms. The van der Waals surface area contributed by atoms with E-state index in [4.69, 9.17) is 0 Å². The lowest BCUT2D eigenvalue weighted by molar-refractivity contribution is 0.410. The van der Waals surface area contributed by atoms with E-state index in [1.165, 1.54) is 69.7 Å². The van der Waals surface area contributed by atoms with Gasteiger partial charge in [-0.25, -0.2) is 0 Å². The van der Waals surface area contributed by atoms with Crippen LogP contribution in [0.4, 0.5) is 5.69 Å². The Kier molecular flexibility index (Phi) is 7.53. The molecule has 0 spiro atoms. The highest BCUT2D eigenvalue weighted by molar-refractivity contribution is 8.00. The number of thioether (sulfide) groups is 2. The summed E-state index contributed by atoms with van der Waals surface area (Å²) in [5.74, 6) is 1.47. The number of fused-ring (bicyclic) bond motifs is 3. The van der Waals surface area contributed by atoms with E-state index in [-0.39, 0.29) is 0 Å². The summed E-state index contributed by atoms with van der Waals surface area (Å²) in [6.07, 6.45) is 16.4. The first-order chi connectivity index (χ1) is 18.1. The second-order valence-electron chi connectivity index (χ2n) is 11.0. The zero-order valence-corrected chi connectivity index (χ0v) is 25.1. The van der Waals surface area contributed by atoms with Gasteiger partial charge in [0.1, 0.15) is 0 Å². The Balaban J connectivity index is 1.20. The molecule has 6 rings (SSSR count). The standard InChI is InChI=1S/C33H39NS3/c1-5-27-28-15-21(3)7-13-30(28)36-32(27)18-22-8-10-24-11-9-23(17-25(24)16-22)19-33-34(6-2)29-20-26(35-4)12-14-31(29)37-33/h7,12-17,20,22,24,33H,5-6,8-11,18-19H2,1-4H3. The van der Waals surface area contributed by atoms with Gasteiger partial charge in [0.25, 0.3) is 0 Å². The SMILES string of the molecule is CCc1c(CC2C=C3C=C(CC4Sc5ccc(SC)cc5N4CC)CCC3CC2)sc2ccc(C)cc12. The van der Waals surface area contributed by atoms with Gasteiger partial charge in [-0.1, -0.05) is 54.1 Å². The molecule has 0 fully saturated rings. The third-order valence-corrected chi connectivity index (χ3v) is 11.9. The van der Waals surface area contributed by atoms with Crippen molar-refractivity contribution in [3.63, 3.8) is 0 Å². The van der Waals surface area contributed by atoms with Crippen molar-refractivity contribution in [3.05, 3.63) is 75.7 Å². The summed E-state index contributed by atoms with van der Waals surface area (Å²) in [5.41, 5.74) is 7.75. The maximum Gasteiger partial charge on any atom is 0.0834 e. The maximum absolute atomic E-state index is 2.68. The van der Waals surface area contributed by atoms with Gasteiger partial charge >= 0.3 is 0 Å². The highest BCUT2D eigenvalue weighted by Gasteiger charge is 2.32. The minimum atomic E-state index is 0.536. The molecule has 1 aliphatic heterocycles. The number of hydrogen-bond acceptors (Lipinski definition) is 4. The molecular formula is C33H39NS3. The van der Waals surface area contributed by atoms with E-state index in [9.17, 15) is 0 Å². The summed E-state index contributed by atoms with van der Waals surface area (Å²) in [6, 6.07) is 14.0. The monoisotopic (exact) mass is 545 g/mol. The Morgan fingerprint density at radius 3 is 2.73 bits per heavy atom. The number of allylic oxidation sites excluding steroid dienone is 3. The molecular weight excluding hydrogens is 507 g/mol. The van der Waals surface area contributed by atoms with Gasteiger partial charge in [0.15, 0.2) is 0 Å². The summed E-state index contributed by atoms with van der Waals surface area (Å²) >= 11 is 5.97. The summed E-state index contributed by atoms with van der Waals surface area (Å²) < 4.78 is 1.47. The molecule has 3 atom stereocenters. The smallest absolute Gasteiger partial charge is 0.0834 e. The lowest BCUT2D eigenvalue weighted by Gasteiger charge is -2.33.